The maximum absolute atomic E-state index is 12.1. The van der Waals surface area contributed by atoms with E-state index in [2.05, 4.69) is 5.32 Å². The molecule has 0 saturated heterocycles. The topological polar surface area (TPSA) is 73.6 Å². The molecular formula is C19H25ClN2O3. The Morgan fingerprint density at radius 2 is 1.88 bits per heavy atom. The second-order valence-electron chi connectivity index (χ2n) is 5.42. The van der Waals surface area contributed by atoms with Crippen LogP contribution in [0, 0.1) is 0 Å². The Morgan fingerprint density at radius 3 is 2.52 bits per heavy atom. The molecule has 0 saturated carbocycles. The van der Waals surface area contributed by atoms with Gasteiger partial charge in [-0.25, -0.2) is 0 Å². The van der Waals surface area contributed by atoms with Crippen LogP contribution >= 0.6 is 12.4 Å². The summed E-state index contributed by atoms with van der Waals surface area (Å²) in [6.07, 6.45) is 0.248. The molecule has 0 aliphatic heterocycles. The van der Waals surface area contributed by atoms with Crippen LogP contribution in [0.3, 0.4) is 0 Å². The van der Waals surface area contributed by atoms with Gasteiger partial charge in [0.2, 0.25) is 5.91 Å². The highest BCUT2D eigenvalue weighted by Gasteiger charge is 2.12. The third-order valence-corrected chi connectivity index (χ3v) is 3.65. The van der Waals surface area contributed by atoms with E-state index in [4.69, 9.17) is 15.2 Å². The van der Waals surface area contributed by atoms with Crippen molar-refractivity contribution >= 4 is 18.3 Å². The molecule has 2 rings (SSSR count). The SMILES string of the molecule is CCOc1cc(CNC(=O)CC(N)c2ccccc2)ccc1OC.Cl. The van der Waals surface area contributed by atoms with Gasteiger partial charge in [-0.15, -0.1) is 12.4 Å². The Bertz CT molecular complexity index is 665. The van der Waals surface area contributed by atoms with Crippen molar-refractivity contribution < 1.29 is 14.3 Å². The van der Waals surface area contributed by atoms with Crippen LogP contribution in [0.4, 0.5) is 0 Å². The minimum Gasteiger partial charge on any atom is -0.493 e. The third kappa shape index (κ3) is 6.29. The van der Waals surface area contributed by atoms with Crippen LogP contribution < -0.4 is 20.5 Å². The van der Waals surface area contributed by atoms with Crippen molar-refractivity contribution in [3.05, 3.63) is 59.7 Å². The van der Waals surface area contributed by atoms with E-state index in [0.29, 0.717) is 24.7 Å². The number of rotatable bonds is 8. The van der Waals surface area contributed by atoms with Crippen LogP contribution in [0.25, 0.3) is 0 Å². The van der Waals surface area contributed by atoms with Crippen LogP contribution in [0.15, 0.2) is 48.5 Å². The maximum Gasteiger partial charge on any atom is 0.222 e. The number of carbonyl (C=O) groups is 1. The molecule has 0 bridgehead atoms. The standard InChI is InChI=1S/C19H24N2O3.ClH/c1-3-24-18-11-14(9-10-17(18)23-2)13-21-19(22)12-16(20)15-7-5-4-6-8-15;/h4-11,16H,3,12-13,20H2,1-2H3,(H,21,22);1H. The number of methoxy groups -OCH3 is 1. The van der Waals surface area contributed by atoms with Crippen molar-refractivity contribution in [3.63, 3.8) is 0 Å². The lowest BCUT2D eigenvalue weighted by Crippen LogP contribution is -2.27. The van der Waals surface area contributed by atoms with E-state index in [1.165, 1.54) is 0 Å². The average molecular weight is 365 g/mol. The van der Waals surface area contributed by atoms with Gasteiger partial charge in [0.15, 0.2) is 11.5 Å². The Balaban J connectivity index is 0.00000312. The average Bonchev–Trinajstić information content (AvgIpc) is 2.61. The molecule has 2 aromatic rings. The summed E-state index contributed by atoms with van der Waals surface area (Å²) in [4.78, 5) is 12.1. The molecule has 0 radical (unpaired) electrons. The van der Waals surface area contributed by atoms with Gasteiger partial charge in [0.25, 0.3) is 0 Å². The van der Waals surface area contributed by atoms with Gasteiger partial charge >= 0.3 is 0 Å². The van der Waals surface area contributed by atoms with Gasteiger partial charge < -0.3 is 20.5 Å². The molecular weight excluding hydrogens is 340 g/mol. The molecule has 0 aromatic heterocycles. The van der Waals surface area contributed by atoms with E-state index >= 15 is 0 Å². The first-order valence-corrected chi connectivity index (χ1v) is 8.01. The van der Waals surface area contributed by atoms with Gasteiger partial charge in [-0.1, -0.05) is 36.4 Å². The number of hydrogen-bond acceptors (Lipinski definition) is 4. The molecule has 2 aromatic carbocycles. The lowest BCUT2D eigenvalue weighted by atomic mass is 10.0. The molecule has 3 N–H and O–H groups in total. The zero-order valence-electron chi connectivity index (χ0n) is 14.5. The van der Waals surface area contributed by atoms with E-state index in [1.54, 1.807) is 7.11 Å². The molecule has 1 unspecified atom stereocenters. The van der Waals surface area contributed by atoms with E-state index in [9.17, 15) is 4.79 Å². The van der Waals surface area contributed by atoms with Crippen molar-refractivity contribution in [3.8, 4) is 11.5 Å². The van der Waals surface area contributed by atoms with Crippen LogP contribution in [0.5, 0.6) is 11.5 Å². The fourth-order valence-electron chi connectivity index (χ4n) is 2.39. The Kier molecular flexibility index (Phi) is 8.81. The number of carbonyl (C=O) groups excluding carboxylic acids is 1. The first kappa shape index (κ1) is 20.8. The normalized spacial score (nSPS) is 11.2. The fraction of sp³-hybridized carbons (Fsp3) is 0.316. The van der Waals surface area contributed by atoms with Crippen molar-refractivity contribution in [2.45, 2.75) is 25.9 Å². The van der Waals surface area contributed by atoms with Gasteiger partial charge in [-0.2, -0.15) is 0 Å². The highest BCUT2D eigenvalue weighted by Crippen LogP contribution is 2.28. The molecule has 1 atom stereocenters. The monoisotopic (exact) mass is 364 g/mol. The van der Waals surface area contributed by atoms with Gasteiger partial charge in [0, 0.05) is 19.0 Å². The van der Waals surface area contributed by atoms with E-state index in [0.717, 1.165) is 11.1 Å². The number of hydrogen-bond donors (Lipinski definition) is 2. The molecule has 5 nitrogen and oxygen atoms in total. The minimum absolute atomic E-state index is 0. The van der Waals surface area contributed by atoms with Crippen LogP contribution in [-0.2, 0) is 11.3 Å². The maximum atomic E-state index is 12.1. The molecule has 0 aliphatic carbocycles. The third-order valence-electron chi connectivity index (χ3n) is 3.65. The van der Waals surface area contributed by atoms with Crippen molar-refractivity contribution in [1.29, 1.82) is 0 Å². The van der Waals surface area contributed by atoms with Gasteiger partial charge in [-0.05, 0) is 30.2 Å². The largest absolute Gasteiger partial charge is 0.493 e. The number of nitrogens with two attached hydrogens (primary N) is 1. The van der Waals surface area contributed by atoms with Gasteiger partial charge in [0.1, 0.15) is 0 Å². The Hall–Kier alpha value is -2.24. The summed E-state index contributed by atoms with van der Waals surface area (Å²) >= 11 is 0. The molecule has 6 heteroatoms. The number of ether oxygens (including phenoxy) is 2. The molecule has 0 aliphatic rings. The van der Waals surface area contributed by atoms with Crippen LogP contribution in [-0.4, -0.2) is 19.6 Å². The van der Waals surface area contributed by atoms with Crippen molar-refractivity contribution in [2.75, 3.05) is 13.7 Å². The predicted molar refractivity (Wildman–Crippen MR) is 101 cm³/mol. The smallest absolute Gasteiger partial charge is 0.222 e. The highest BCUT2D eigenvalue weighted by molar-refractivity contribution is 5.85. The second kappa shape index (κ2) is 10.6. The highest BCUT2D eigenvalue weighted by atomic mass is 35.5. The summed E-state index contributed by atoms with van der Waals surface area (Å²) in [5, 5.41) is 2.89. The van der Waals surface area contributed by atoms with Crippen LogP contribution in [0.2, 0.25) is 0 Å². The molecule has 0 spiro atoms. The molecule has 1 amide bonds. The Labute approximate surface area is 154 Å². The number of benzene rings is 2. The van der Waals surface area contributed by atoms with Gasteiger partial charge in [0.05, 0.1) is 13.7 Å². The summed E-state index contributed by atoms with van der Waals surface area (Å²) < 4.78 is 10.8. The number of amides is 1. The summed E-state index contributed by atoms with van der Waals surface area (Å²) in [6, 6.07) is 14.9. The minimum atomic E-state index is -0.305. The lowest BCUT2D eigenvalue weighted by molar-refractivity contribution is -0.121. The molecule has 25 heavy (non-hydrogen) atoms. The summed E-state index contributed by atoms with van der Waals surface area (Å²) in [5.41, 5.74) is 7.97. The molecule has 0 heterocycles. The first-order valence-electron chi connectivity index (χ1n) is 8.01. The van der Waals surface area contributed by atoms with E-state index < -0.39 is 0 Å². The summed E-state index contributed by atoms with van der Waals surface area (Å²) in [6.45, 7) is 2.89. The Morgan fingerprint density at radius 1 is 1.16 bits per heavy atom. The zero-order valence-corrected chi connectivity index (χ0v) is 15.3. The second-order valence-corrected chi connectivity index (χ2v) is 5.42. The lowest BCUT2D eigenvalue weighted by Gasteiger charge is -2.13. The summed E-state index contributed by atoms with van der Waals surface area (Å²) in [5.74, 6) is 1.27. The first-order chi connectivity index (χ1) is 11.6. The van der Waals surface area contributed by atoms with Crippen molar-refractivity contribution in [2.24, 2.45) is 5.73 Å². The van der Waals surface area contributed by atoms with Crippen molar-refractivity contribution in [1.82, 2.24) is 5.32 Å². The van der Waals surface area contributed by atoms with E-state index in [-0.39, 0.29) is 30.8 Å². The quantitative estimate of drug-likeness (QED) is 0.754. The molecule has 136 valence electrons. The number of halogens is 1. The van der Waals surface area contributed by atoms with Crippen LogP contribution in [0.1, 0.15) is 30.5 Å². The number of nitrogens with one attached hydrogen (secondary N) is 1. The van der Waals surface area contributed by atoms with E-state index in [1.807, 2.05) is 55.5 Å². The zero-order chi connectivity index (χ0) is 17.4. The fourth-order valence-corrected chi connectivity index (χ4v) is 2.39. The summed E-state index contributed by atoms with van der Waals surface area (Å²) in [7, 11) is 1.60. The van der Waals surface area contributed by atoms with Gasteiger partial charge in [-0.3, -0.25) is 4.79 Å². The predicted octanol–water partition coefficient (Wildman–Crippen LogP) is 3.22. The molecule has 0 fully saturated rings.